The smallest absolute Gasteiger partial charge is 0.413 e. The Kier molecular flexibility index (Phi) is 5.05. The molecule has 122 valence electrons. The highest BCUT2D eigenvalue weighted by molar-refractivity contribution is 7.15. The van der Waals surface area contributed by atoms with Gasteiger partial charge in [-0.2, -0.15) is 0 Å². The standard InChI is InChI=1S/C15H22N2O4S/c1-5-20-12(18)9-7-6-8-10-11(9)16-13(22-10)17-14(19)21-15(2,3)4/h9H,5-8H2,1-4H3,(H,16,17,19)/t9-/m0/s1. The lowest BCUT2D eigenvalue weighted by atomic mass is 9.91. The van der Waals surface area contributed by atoms with Crippen LogP contribution in [0.25, 0.3) is 0 Å². The SMILES string of the molecule is CCOC(=O)[C@H]1CCCc2sc(NC(=O)OC(C)(C)C)nc21. The molecule has 1 N–H and O–H groups in total. The number of ether oxygens (including phenoxy) is 2. The van der Waals surface area contributed by atoms with Crippen LogP contribution in [-0.4, -0.2) is 29.3 Å². The second kappa shape index (κ2) is 6.64. The molecule has 0 fully saturated rings. The van der Waals surface area contributed by atoms with E-state index in [1.807, 2.05) is 0 Å². The Labute approximate surface area is 134 Å². The van der Waals surface area contributed by atoms with Gasteiger partial charge in [-0.15, -0.1) is 11.3 Å². The summed E-state index contributed by atoms with van der Waals surface area (Å²) in [6, 6.07) is 0. The molecule has 0 unspecified atom stereocenters. The summed E-state index contributed by atoms with van der Waals surface area (Å²) in [6.45, 7) is 7.55. The summed E-state index contributed by atoms with van der Waals surface area (Å²) in [5, 5.41) is 3.11. The van der Waals surface area contributed by atoms with E-state index in [1.54, 1.807) is 27.7 Å². The maximum atomic E-state index is 12.0. The minimum Gasteiger partial charge on any atom is -0.465 e. The zero-order valence-corrected chi connectivity index (χ0v) is 14.2. The maximum Gasteiger partial charge on any atom is 0.413 e. The molecule has 0 spiro atoms. The zero-order chi connectivity index (χ0) is 16.3. The molecule has 22 heavy (non-hydrogen) atoms. The van der Waals surface area contributed by atoms with Crippen molar-refractivity contribution < 1.29 is 19.1 Å². The van der Waals surface area contributed by atoms with Gasteiger partial charge in [0.25, 0.3) is 0 Å². The van der Waals surface area contributed by atoms with Gasteiger partial charge in [0.1, 0.15) is 11.5 Å². The van der Waals surface area contributed by atoms with Crippen molar-refractivity contribution in [2.45, 2.75) is 58.5 Å². The summed E-state index contributed by atoms with van der Waals surface area (Å²) >= 11 is 1.40. The molecule has 0 saturated heterocycles. The highest BCUT2D eigenvalue weighted by Gasteiger charge is 2.31. The van der Waals surface area contributed by atoms with E-state index in [0.29, 0.717) is 11.7 Å². The Balaban J connectivity index is 2.11. The van der Waals surface area contributed by atoms with Crippen LogP contribution in [0.3, 0.4) is 0 Å². The van der Waals surface area contributed by atoms with Crippen LogP contribution in [0.5, 0.6) is 0 Å². The molecule has 0 aliphatic heterocycles. The molecule has 1 aromatic rings. The molecule has 0 radical (unpaired) electrons. The number of anilines is 1. The van der Waals surface area contributed by atoms with Crippen LogP contribution in [0.1, 0.15) is 57.0 Å². The number of thiazole rings is 1. The van der Waals surface area contributed by atoms with Gasteiger partial charge < -0.3 is 9.47 Å². The summed E-state index contributed by atoms with van der Waals surface area (Å²) in [6.07, 6.45) is 2.00. The van der Waals surface area contributed by atoms with Crippen molar-refractivity contribution in [3.05, 3.63) is 10.6 Å². The van der Waals surface area contributed by atoms with Crippen molar-refractivity contribution in [1.29, 1.82) is 0 Å². The molecule has 7 heteroatoms. The van der Waals surface area contributed by atoms with Crippen LogP contribution in [0.4, 0.5) is 9.93 Å². The van der Waals surface area contributed by atoms with Crippen molar-refractivity contribution in [3.63, 3.8) is 0 Å². The van der Waals surface area contributed by atoms with E-state index < -0.39 is 11.7 Å². The third kappa shape index (κ3) is 4.19. The molecule has 1 heterocycles. The van der Waals surface area contributed by atoms with Gasteiger partial charge in [-0.05, 0) is 47.0 Å². The van der Waals surface area contributed by atoms with Crippen molar-refractivity contribution in [1.82, 2.24) is 4.98 Å². The Morgan fingerprint density at radius 1 is 1.41 bits per heavy atom. The van der Waals surface area contributed by atoms with Gasteiger partial charge in [0, 0.05) is 4.88 Å². The number of hydrogen-bond donors (Lipinski definition) is 1. The zero-order valence-electron chi connectivity index (χ0n) is 13.4. The van der Waals surface area contributed by atoms with Crippen LogP contribution in [0.15, 0.2) is 0 Å². The van der Waals surface area contributed by atoms with Crippen LogP contribution in [0, 0.1) is 0 Å². The van der Waals surface area contributed by atoms with Gasteiger partial charge >= 0.3 is 12.1 Å². The molecule has 1 aliphatic rings. The molecule has 2 rings (SSSR count). The Hall–Kier alpha value is -1.63. The number of rotatable bonds is 3. The second-order valence-electron chi connectivity index (χ2n) is 6.15. The maximum absolute atomic E-state index is 12.0. The van der Waals surface area contributed by atoms with E-state index in [0.717, 1.165) is 29.8 Å². The predicted molar refractivity (Wildman–Crippen MR) is 84.3 cm³/mol. The lowest BCUT2D eigenvalue weighted by Crippen LogP contribution is -2.27. The summed E-state index contributed by atoms with van der Waals surface area (Å²) in [5.41, 5.74) is 0.176. The number of esters is 1. The topological polar surface area (TPSA) is 77.5 Å². The number of amides is 1. The first-order valence-corrected chi connectivity index (χ1v) is 8.28. The first kappa shape index (κ1) is 16.7. The number of carbonyl (C=O) groups is 2. The van der Waals surface area contributed by atoms with Gasteiger partial charge in [-0.25, -0.2) is 9.78 Å². The molecular formula is C15H22N2O4S. The van der Waals surface area contributed by atoms with Crippen LogP contribution in [-0.2, 0) is 20.7 Å². The first-order chi connectivity index (χ1) is 10.3. The van der Waals surface area contributed by atoms with Crippen LogP contribution in [0.2, 0.25) is 0 Å². The van der Waals surface area contributed by atoms with E-state index in [2.05, 4.69) is 10.3 Å². The molecule has 6 nitrogen and oxygen atoms in total. The van der Waals surface area contributed by atoms with Gasteiger partial charge in [0.2, 0.25) is 0 Å². The number of nitrogens with one attached hydrogen (secondary N) is 1. The molecule has 1 aromatic heterocycles. The number of carbonyl (C=O) groups excluding carboxylic acids is 2. The first-order valence-electron chi connectivity index (χ1n) is 7.46. The molecule has 0 bridgehead atoms. The average Bonchev–Trinajstić information content (AvgIpc) is 2.78. The molecule has 1 aliphatic carbocycles. The Morgan fingerprint density at radius 3 is 2.77 bits per heavy atom. The van der Waals surface area contributed by atoms with Crippen LogP contribution < -0.4 is 5.32 Å². The number of aromatic nitrogens is 1. The Bertz CT molecular complexity index is 562. The lowest BCUT2D eigenvalue weighted by molar-refractivity contribution is -0.145. The molecular weight excluding hydrogens is 304 g/mol. The van der Waals surface area contributed by atoms with E-state index in [4.69, 9.17) is 9.47 Å². The third-order valence-electron chi connectivity index (χ3n) is 3.13. The molecule has 0 saturated carbocycles. The van der Waals surface area contributed by atoms with Gasteiger partial charge in [0.05, 0.1) is 12.3 Å². The van der Waals surface area contributed by atoms with E-state index in [9.17, 15) is 9.59 Å². The average molecular weight is 326 g/mol. The minimum absolute atomic E-state index is 0.238. The minimum atomic E-state index is -0.561. The van der Waals surface area contributed by atoms with Crippen LogP contribution >= 0.6 is 11.3 Å². The highest BCUT2D eigenvalue weighted by atomic mass is 32.1. The summed E-state index contributed by atoms with van der Waals surface area (Å²) in [4.78, 5) is 29.3. The molecule has 1 amide bonds. The summed E-state index contributed by atoms with van der Waals surface area (Å²) < 4.78 is 10.3. The summed E-state index contributed by atoms with van der Waals surface area (Å²) in [7, 11) is 0. The van der Waals surface area contributed by atoms with E-state index in [1.165, 1.54) is 11.3 Å². The van der Waals surface area contributed by atoms with E-state index in [-0.39, 0.29) is 11.9 Å². The fourth-order valence-corrected chi connectivity index (χ4v) is 3.39. The number of aryl methyl sites for hydroxylation is 1. The normalized spacial score (nSPS) is 17.5. The van der Waals surface area contributed by atoms with Crippen molar-refractivity contribution in [2.75, 3.05) is 11.9 Å². The second-order valence-corrected chi connectivity index (χ2v) is 7.23. The number of nitrogens with zero attached hydrogens (tertiary/aromatic N) is 1. The van der Waals surface area contributed by atoms with Gasteiger partial charge in [-0.1, -0.05) is 0 Å². The fraction of sp³-hybridized carbons (Fsp3) is 0.667. The van der Waals surface area contributed by atoms with Gasteiger partial charge in [0.15, 0.2) is 5.13 Å². The van der Waals surface area contributed by atoms with Gasteiger partial charge in [-0.3, -0.25) is 10.1 Å². The quantitative estimate of drug-likeness (QED) is 0.861. The molecule has 1 atom stereocenters. The predicted octanol–water partition coefficient (Wildman–Crippen LogP) is 3.47. The summed E-state index contributed by atoms with van der Waals surface area (Å²) in [5.74, 6) is -0.563. The van der Waals surface area contributed by atoms with Crippen molar-refractivity contribution >= 4 is 28.5 Å². The Morgan fingerprint density at radius 2 is 2.14 bits per heavy atom. The largest absolute Gasteiger partial charge is 0.465 e. The van der Waals surface area contributed by atoms with E-state index >= 15 is 0 Å². The highest BCUT2D eigenvalue weighted by Crippen LogP contribution is 2.37. The third-order valence-corrected chi connectivity index (χ3v) is 4.18. The number of fused-ring (bicyclic) bond motifs is 1. The number of hydrogen-bond acceptors (Lipinski definition) is 6. The van der Waals surface area contributed by atoms with Crippen molar-refractivity contribution in [2.24, 2.45) is 0 Å². The monoisotopic (exact) mass is 326 g/mol. The fourth-order valence-electron chi connectivity index (χ4n) is 2.34. The van der Waals surface area contributed by atoms with Crippen molar-refractivity contribution in [3.8, 4) is 0 Å². The molecule has 0 aromatic carbocycles. The lowest BCUT2D eigenvalue weighted by Gasteiger charge is -2.19.